The molecule has 0 aliphatic heterocycles. The molecule has 0 bridgehead atoms. The number of anilines is 2. The summed E-state index contributed by atoms with van der Waals surface area (Å²) < 4.78 is 0. The number of benzene rings is 2. The van der Waals surface area contributed by atoms with Crippen molar-refractivity contribution in [1.82, 2.24) is 5.32 Å². The topological polar surface area (TPSA) is 87.3 Å². The summed E-state index contributed by atoms with van der Waals surface area (Å²) >= 11 is 0. The van der Waals surface area contributed by atoms with Crippen molar-refractivity contribution < 1.29 is 14.4 Å². The Kier molecular flexibility index (Phi) is 5.68. The lowest BCUT2D eigenvalue weighted by Crippen LogP contribution is -2.36. The van der Waals surface area contributed by atoms with Gasteiger partial charge in [-0.3, -0.25) is 14.4 Å². The van der Waals surface area contributed by atoms with Crippen LogP contribution in [0.15, 0.2) is 54.6 Å². The highest BCUT2D eigenvalue weighted by Crippen LogP contribution is 2.14. The normalized spacial score (nSPS) is 11.2. The number of amides is 3. The van der Waals surface area contributed by atoms with Crippen LogP contribution in [0.5, 0.6) is 0 Å². The predicted octanol–water partition coefficient (Wildman–Crippen LogP) is 2.46. The molecular formula is C18H19N3O3. The third kappa shape index (κ3) is 4.95. The Hall–Kier alpha value is -3.15. The number of carbonyl (C=O) groups is 3. The minimum atomic E-state index is -0.745. The average molecular weight is 325 g/mol. The number of nitrogens with one attached hydrogen (secondary N) is 3. The van der Waals surface area contributed by atoms with E-state index in [2.05, 4.69) is 16.0 Å². The zero-order valence-electron chi connectivity index (χ0n) is 13.5. The lowest BCUT2D eigenvalue weighted by Gasteiger charge is -2.14. The van der Waals surface area contributed by atoms with Gasteiger partial charge in [0.2, 0.25) is 5.91 Å². The number of hydrogen-bond acceptors (Lipinski definition) is 3. The van der Waals surface area contributed by atoms with Crippen LogP contribution in [-0.4, -0.2) is 17.7 Å². The lowest BCUT2D eigenvalue weighted by molar-refractivity contribution is -0.136. The Morgan fingerprint density at radius 3 is 1.88 bits per heavy atom. The van der Waals surface area contributed by atoms with E-state index in [4.69, 9.17) is 0 Å². The second-order valence-corrected chi connectivity index (χ2v) is 5.32. The molecule has 3 N–H and O–H groups in total. The lowest BCUT2D eigenvalue weighted by atomic mass is 10.1. The van der Waals surface area contributed by atoms with Gasteiger partial charge in [0.25, 0.3) is 0 Å². The van der Waals surface area contributed by atoms with E-state index in [0.717, 1.165) is 5.56 Å². The van der Waals surface area contributed by atoms with Gasteiger partial charge in [-0.1, -0.05) is 30.3 Å². The van der Waals surface area contributed by atoms with Gasteiger partial charge in [-0.05, 0) is 36.8 Å². The molecule has 0 heterocycles. The summed E-state index contributed by atoms with van der Waals surface area (Å²) in [4.78, 5) is 34.9. The molecule has 0 fully saturated rings. The molecule has 1 atom stereocenters. The zero-order valence-corrected chi connectivity index (χ0v) is 13.5. The number of hydrogen-bond donors (Lipinski definition) is 3. The molecule has 124 valence electrons. The highest BCUT2D eigenvalue weighted by molar-refractivity contribution is 6.39. The van der Waals surface area contributed by atoms with Gasteiger partial charge in [0.05, 0.1) is 6.04 Å². The van der Waals surface area contributed by atoms with Gasteiger partial charge >= 0.3 is 11.8 Å². The molecule has 6 nitrogen and oxygen atoms in total. The summed E-state index contributed by atoms with van der Waals surface area (Å²) in [7, 11) is 0. The predicted molar refractivity (Wildman–Crippen MR) is 92.4 cm³/mol. The Bertz CT molecular complexity index is 727. The van der Waals surface area contributed by atoms with E-state index in [1.54, 1.807) is 24.3 Å². The molecular weight excluding hydrogens is 306 g/mol. The summed E-state index contributed by atoms with van der Waals surface area (Å²) in [5, 5.41) is 7.78. The van der Waals surface area contributed by atoms with Crippen molar-refractivity contribution in [2.24, 2.45) is 0 Å². The molecule has 0 aliphatic carbocycles. The van der Waals surface area contributed by atoms with Gasteiger partial charge < -0.3 is 16.0 Å². The number of rotatable bonds is 4. The fourth-order valence-electron chi connectivity index (χ4n) is 2.12. The number of carbonyl (C=O) groups excluding carboxylic acids is 3. The Morgan fingerprint density at radius 2 is 1.33 bits per heavy atom. The SMILES string of the molecule is CC(=O)Nc1ccc(NC(=O)C(=O)NC(C)c2ccccc2)cc1. The Morgan fingerprint density at radius 1 is 0.792 bits per heavy atom. The van der Waals surface area contributed by atoms with Gasteiger partial charge in [-0.2, -0.15) is 0 Å². The zero-order chi connectivity index (χ0) is 17.5. The summed E-state index contributed by atoms with van der Waals surface area (Å²) in [5.41, 5.74) is 2.00. The molecule has 0 saturated carbocycles. The minimum Gasteiger partial charge on any atom is -0.341 e. The van der Waals surface area contributed by atoms with Crippen LogP contribution in [0, 0.1) is 0 Å². The monoisotopic (exact) mass is 325 g/mol. The van der Waals surface area contributed by atoms with Crippen LogP contribution >= 0.6 is 0 Å². The molecule has 0 radical (unpaired) electrons. The van der Waals surface area contributed by atoms with Gasteiger partial charge in [-0.25, -0.2) is 0 Å². The molecule has 0 spiro atoms. The fourth-order valence-corrected chi connectivity index (χ4v) is 2.12. The van der Waals surface area contributed by atoms with E-state index in [0.29, 0.717) is 11.4 Å². The van der Waals surface area contributed by atoms with Crippen LogP contribution in [-0.2, 0) is 14.4 Å². The van der Waals surface area contributed by atoms with Crippen molar-refractivity contribution in [3.8, 4) is 0 Å². The van der Waals surface area contributed by atoms with E-state index in [-0.39, 0.29) is 11.9 Å². The highest BCUT2D eigenvalue weighted by Gasteiger charge is 2.17. The first-order chi connectivity index (χ1) is 11.5. The molecule has 0 aliphatic rings. The first-order valence-electron chi connectivity index (χ1n) is 7.50. The maximum Gasteiger partial charge on any atom is 0.313 e. The minimum absolute atomic E-state index is 0.180. The van der Waals surface area contributed by atoms with Crippen molar-refractivity contribution in [1.29, 1.82) is 0 Å². The quantitative estimate of drug-likeness (QED) is 0.755. The molecule has 0 aromatic heterocycles. The van der Waals surface area contributed by atoms with Crippen LogP contribution in [0.25, 0.3) is 0 Å². The maximum absolute atomic E-state index is 12.0. The van der Waals surface area contributed by atoms with Crippen molar-refractivity contribution in [3.05, 3.63) is 60.2 Å². The second kappa shape index (κ2) is 7.92. The van der Waals surface area contributed by atoms with Crippen LogP contribution in [0.3, 0.4) is 0 Å². The average Bonchev–Trinajstić information content (AvgIpc) is 2.56. The standard InChI is InChI=1S/C18H19N3O3/c1-12(14-6-4-3-5-7-14)19-17(23)18(24)21-16-10-8-15(9-11-16)20-13(2)22/h3-12H,1-2H3,(H,19,23)(H,20,22)(H,21,24). The van der Waals surface area contributed by atoms with Crippen LogP contribution in [0.4, 0.5) is 11.4 Å². The van der Waals surface area contributed by atoms with Crippen molar-refractivity contribution in [3.63, 3.8) is 0 Å². The van der Waals surface area contributed by atoms with E-state index < -0.39 is 11.8 Å². The van der Waals surface area contributed by atoms with E-state index >= 15 is 0 Å². The Balaban J connectivity index is 1.91. The molecule has 0 saturated heterocycles. The van der Waals surface area contributed by atoms with Gasteiger partial charge in [0.1, 0.15) is 0 Å². The third-order valence-corrected chi connectivity index (χ3v) is 3.32. The van der Waals surface area contributed by atoms with Crippen LogP contribution in [0.2, 0.25) is 0 Å². The van der Waals surface area contributed by atoms with E-state index in [1.807, 2.05) is 37.3 Å². The molecule has 2 aromatic carbocycles. The van der Waals surface area contributed by atoms with Crippen molar-refractivity contribution >= 4 is 29.1 Å². The van der Waals surface area contributed by atoms with Gasteiger partial charge in [-0.15, -0.1) is 0 Å². The molecule has 1 unspecified atom stereocenters. The molecule has 2 aromatic rings. The largest absolute Gasteiger partial charge is 0.341 e. The first kappa shape index (κ1) is 17.2. The van der Waals surface area contributed by atoms with Crippen molar-refractivity contribution in [2.75, 3.05) is 10.6 Å². The van der Waals surface area contributed by atoms with E-state index in [1.165, 1.54) is 6.92 Å². The van der Waals surface area contributed by atoms with Gasteiger partial charge in [0.15, 0.2) is 0 Å². The van der Waals surface area contributed by atoms with Gasteiger partial charge in [0, 0.05) is 18.3 Å². The third-order valence-electron chi connectivity index (χ3n) is 3.32. The van der Waals surface area contributed by atoms with Crippen LogP contribution < -0.4 is 16.0 Å². The molecule has 6 heteroatoms. The second-order valence-electron chi connectivity index (χ2n) is 5.32. The maximum atomic E-state index is 12.0. The highest BCUT2D eigenvalue weighted by atomic mass is 16.2. The van der Waals surface area contributed by atoms with E-state index in [9.17, 15) is 14.4 Å². The summed E-state index contributed by atoms with van der Waals surface area (Å²) in [6, 6.07) is 15.6. The van der Waals surface area contributed by atoms with Crippen LogP contribution in [0.1, 0.15) is 25.5 Å². The summed E-state index contributed by atoms with van der Waals surface area (Å²) in [5.74, 6) is -1.64. The summed E-state index contributed by atoms with van der Waals surface area (Å²) in [6.07, 6.45) is 0. The molecule has 24 heavy (non-hydrogen) atoms. The smallest absolute Gasteiger partial charge is 0.313 e. The molecule has 3 amide bonds. The first-order valence-corrected chi connectivity index (χ1v) is 7.50. The molecule has 2 rings (SSSR count). The Labute approximate surface area is 140 Å². The summed E-state index contributed by atoms with van der Waals surface area (Å²) in [6.45, 7) is 3.22. The fraction of sp³-hybridized carbons (Fsp3) is 0.167. The van der Waals surface area contributed by atoms with Crippen molar-refractivity contribution in [2.45, 2.75) is 19.9 Å².